The van der Waals surface area contributed by atoms with Crippen LogP contribution in [0.5, 0.6) is 0 Å². The average molecular weight is 412 g/mol. The first-order valence-electron chi connectivity index (χ1n) is 10.5. The molecule has 1 heterocycles. The Hall–Kier alpha value is -2.04. The Balaban J connectivity index is 1.35. The fourth-order valence-corrected chi connectivity index (χ4v) is 4.56. The van der Waals surface area contributed by atoms with Crippen molar-refractivity contribution in [1.82, 2.24) is 4.90 Å². The van der Waals surface area contributed by atoms with E-state index in [1.54, 1.807) is 0 Å². The zero-order valence-electron chi connectivity index (χ0n) is 17.3. The van der Waals surface area contributed by atoms with Crippen molar-refractivity contribution in [2.24, 2.45) is 5.92 Å². The largest absolute Gasteiger partial charge is 0.372 e. The molecule has 0 unspecified atom stereocenters. The second-order valence-electron chi connectivity index (χ2n) is 8.78. The van der Waals surface area contributed by atoms with E-state index >= 15 is 0 Å². The molecule has 0 atom stereocenters. The van der Waals surface area contributed by atoms with Crippen molar-refractivity contribution >= 4 is 28.9 Å². The zero-order chi connectivity index (χ0) is 20.4. The van der Waals surface area contributed by atoms with Crippen molar-refractivity contribution in [3.8, 4) is 0 Å². The van der Waals surface area contributed by atoms with Gasteiger partial charge in [0.2, 0.25) is 5.91 Å². The van der Waals surface area contributed by atoms with Gasteiger partial charge in [-0.2, -0.15) is 0 Å². The Morgan fingerprint density at radius 3 is 2.24 bits per heavy atom. The van der Waals surface area contributed by atoms with Crippen LogP contribution < -0.4 is 10.2 Å². The minimum absolute atomic E-state index is 0.0806. The summed E-state index contributed by atoms with van der Waals surface area (Å²) in [6.45, 7) is 3.38. The smallest absolute Gasteiger partial charge is 0.235 e. The Morgan fingerprint density at radius 1 is 1.07 bits per heavy atom. The van der Waals surface area contributed by atoms with Gasteiger partial charge in [0, 0.05) is 36.0 Å². The van der Waals surface area contributed by atoms with E-state index in [4.69, 9.17) is 11.6 Å². The number of halogens is 1. The summed E-state index contributed by atoms with van der Waals surface area (Å²) in [4.78, 5) is 17.7. The first kappa shape index (κ1) is 20.2. The van der Waals surface area contributed by atoms with Gasteiger partial charge in [-0.1, -0.05) is 23.7 Å². The van der Waals surface area contributed by atoms with Crippen LogP contribution in [0.1, 0.15) is 31.2 Å². The van der Waals surface area contributed by atoms with Crippen LogP contribution in [0, 0.1) is 5.92 Å². The van der Waals surface area contributed by atoms with E-state index in [9.17, 15) is 4.79 Å². The summed E-state index contributed by atoms with van der Waals surface area (Å²) in [5, 5.41) is 3.82. The first-order valence-corrected chi connectivity index (χ1v) is 10.9. The normalized spacial score (nSPS) is 18.7. The second kappa shape index (κ2) is 8.37. The van der Waals surface area contributed by atoms with E-state index in [-0.39, 0.29) is 5.91 Å². The SMILES string of the molecule is CN(C)CC1CCN(c2ccc(NC(=O)C3(c4ccc(Cl)cc4)CC3)cc2)CC1. The van der Waals surface area contributed by atoms with Gasteiger partial charge in [-0.3, -0.25) is 4.79 Å². The third kappa shape index (κ3) is 4.59. The van der Waals surface area contributed by atoms with Gasteiger partial charge < -0.3 is 15.1 Å². The van der Waals surface area contributed by atoms with Crippen molar-refractivity contribution in [3.05, 3.63) is 59.1 Å². The third-order valence-electron chi connectivity index (χ3n) is 6.31. The van der Waals surface area contributed by atoms with Gasteiger partial charge >= 0.3 is 0 Å². The monoisotopic (exact) mass is 411 g/mol. The summed E-state index contributed by atoms with van der Waals surface area (Å²) in [6, 6.07) is 16.0. The van der Waals surface area contributed by atoms with E-state index in [1.165, 1.54) is 25.1 Å². The van der Waals surface area contributed by atoms with Crippen molar-refractivity contribution in [1.29, 1.82) is 0 Å². The predicted molar refractivity (Wildman–Crippen MR) is 121 cm³/mol. The molecule has 0 aromatic heterocycles. The van der Waals surface area contributed by atoms with E-state index in [0.717, 1.165) is 43.1 Å². The summed E-state index contributed by atoms with van der Waals surface area (Å²) in [7, 11) is 4.30. The minimum atomic E-state index is -0.391. The molecule has 4 rings (SSSR count). The molecule has 1 N–H and O–H groups in total. The van der Waals surface area contributed by atoms with E-state index in [2.05, 4.69) is 41.3 Å². The van der Waals surface area contributed by atoms with Gasteiger partial charge in [-0.05, 0) is 87.7 Å². The Morgan fingerprint density at radius 2 is 1.69 bits per heavy atom. The predicted octanol–water partition coefficient (Wildman–Crippen LogP) is 4.79. The molecular formula is C24H30ClN3O. The maximum Gasteiger partial charge on any atom is 0.235 e. The van der Waals surface area contributed by atoms with E-state index < -0.39 is 5.41 Å². The molecule has 1 saturated carbocycles. The van der Waals surface area contributed by atoms with Crippen molar-refractivity contribution in [3.63, 3.8) is 0 Å². The second-order valence-corrected chi connectivity index (χ2v) is 9.22. The number of amides is 1. The summed E-state index contributed by atoms with van der Waals surface area (Å²) in [5.41, 5.74) is 2.76. The van der Waals surface area contributed by atoms with Crippen LogP contribution >= 0.6 is 11.6 Å². The Labute approximate surface area is 178 Å². The van der Waals surface area contributed by atoms with Gasteiger partial charge in [0.15, 0.2) is 0 Å². The number of hydrogen-bond acceptors (Lipinski definition) is 3. The van der Waals surface area contributed by atoms with Crippen LogP contribution in [-0.2, 0) is 10.2 Å². The molecular weight excluding hydrogens is 382 g/mol. The minimum Gasteiger partial charge on any atom is -0.372 e. The molecule has 29 heavy (non-hydrogen) atoms. The fraction of sp³-hybridized carbons (Fsp3) is 0.458. The highest BCUT2D eigenvalue weighted by atomic mass is 35.5. The van der Waals surface area contributed by atoms with Gasteiger partial charge in [0.1, 0.15) is 0 Å². The number of carbonyl (C=O) groups is 1. The highest BCUT2D eigenvalue weighted by Gasteiger charge is 2.51. The zero-order valence-corrected chi connectivity index (χ0v) is 18.1. The molecule has 2 aromatic carbocycles. The molecule has 4 nitrogen and oxygen atoms in total. The van der Waals surface area contributed by atoms with Gasteiger partial charge in [0.05, 0.1) is 5.41 Å². The summed E-state index contributed by atoms with van der Waals surface area (Å²) < 4.78 is 0. The number of anilines is 2. The molecule has 5 heteroatoms. The summed E-state index contributed by atoms with van der Waals surface area (Å²) in [5.74, 6) is 0.875. The van der Waals surface area contributed by atoms with Crippen LogP contribution in [0.25, 0.3) is 0 Å². The maximum absolute atomic E-state index is 12.9. The molecule has 1 aliphatic carbocycles. The molecule has 0 bridgehead atoms. The lowest BCUT2D eigenvalue weighted by atomic mass is 9.95. The van der Waals surface area contributed by atoms with Crippen molar-refractivity contribution < 1.29 is 4.79 Å². The molecule has 154 valence electrons. The molecule has 1 saturated heterocycles. The lowest BCUT2D eigenvalue weighted by molar-refractivity contribution is -0.118. The molecule has 2 fully saturated rings. The van der Waals surface area contributed by atoms with Gasteiger partial charge in [-0.25, -0.2) is 0 Å². The highest BCUT2D eigenvalue weighted by Crippen LogP contribution is 2.49. The number of piperidine rings is 1. The summed E-state index contributed by atoms with van der Waals surface area (Å²) >= 11 is 5.99. The Bertz CT molecular complexity index is 835. The number of carbonyl (C=O) groups excluding carboxylic acids is 1. The first-order chi connectivity index (χ1) is 14.0. The standard InChI is InChI=1S/C24H30ClN3O/c1-27(2)17-18-11-15-28(16-12-18)22-9-7-21(8-10-22)26-23(29)24(13-14-24)19-3-5-20(25)6-4-19/h3-10,18H,11-17H2,1-2H3,(H,26,29). The van der Waals surface area contributed by atoms with Gasteiger partial charge in [0.25, 0.3) is 0 Å². The Kier molecular flexibility index (Phi) is 5.84. The number of hydrogen-bond donors (Lipinski definition) is 1. The van der Waals surface area contributed by atoms with E-state index in [0.29, 0.717) is 5.02 Å². The fourth-order valence-electron chi connectivity index (χ4n) is 4.44. The van der Waals surface area contributed by atoms with Crippen LogP contribution in [-0.4, -0.2) is 44.5 Å². The molecule has 2 aliphatic rings. The van der Waals surface area contributed by atoms with E-state index in [1.807, 2.05) is 36.4 Å². The average Bonchev–Trinajstić information content (AvgIpc) is 3.51. The van der Waals surface area contributed by atoms with Crippen LogP contribution in [0.4, 0.5) is 11.4 Å². The lowest BCUT2D eigenvalue weighted by Crippen LogP contribution is -2.37. The highest BCUT2D eigenvalue weighted by molar-refractivity contribution is 6.30. The van der Waals surface area contributed by atoms with Crippen molar-refractivity contribution in [2.75, 3.05) is 43.9 Å². The topological polar surface area (TPSA) is 35.6 Å². The molecule has 1 aliphatic heterocycles. The molecule has 1 amide bonds. The maximum atomic E-state index is 12.9. The van der Waals surface area contributed by atoms with Crippen LogP contribution in [0.3, 0.4) is 0 Å². The quantitative estimate of drug-likeness (QED) is 0.742. The van der Waals surface area contributed by atoms with Crippen molar-refractivity contribution in [2.45, 2.75) is 31.1 Å². The number of rotatable bonds is 6. The van der Waals surface area contributed by atoms with Crippen LogP contribution in [0.15, 0.2) is 48.5 Å². The lowest BCUT2D eigenvalue weighted by Gasteiger charge is -2.34. The molecule has 0 spiro atoms. The van der Waals surface area contributed by atoms with Gasteiger partial charge in [-0.15, -0.1) is 0 Å². The number of benzene rings is 2. The number of nitrogens with zero attached hydrogens (tertiary/aromatic N) is 2. The third-order valence-corrected chi connectivity index (χ3v) is 6.56. The van der Waals surface area contributed by atoms with Crippen LogP contribution in [0.2, 0.25) is 5.02 Å². The number of nitrogens with one attached hydrogen (secondary N) is 1. The summed E-state index contributed by atoms with van der Waals surface area (Å²) in [6.07, 6.45) is 4.25. The molecule has 0 radical (unpaired) electrons. The molecule has 2 aromatic rings.